The quantitative estimate of drug-likeness (QED) is 0.416. The summed E-state index contributed by atoms with van der Waals surface area (Å²) >= 11 is 12.0. The first-order valence-electron chi connectivity index (χ1n) is 10.7. The van der Waals surface area contributed by atoms with Gasteiger partial charge in [-0.2, -0.15) is 13.2 Å². The standard InChI is InChI=1S/C23H18Cl2F4N4O3S/c24-18-12-15(5-6-20(18)26)37(35,36)31-14-11-19(25)21(30-13-14)32-7-9-33(10-8-32)22(34)16-3-1-2-4-17(16)23(27,28)29/h1-6,11-13,31H,7-10H2. The van der Waals surface area contributed by atoms with E-state index in [1.807, 2.05) is 0 Å². The first-order valence-corrected chi connectivity index (χ1v) is 12.9. The van der Waals surface area contributed by atoms with Crippen LogP contribution >= 0.6 is 23.2 Å². The number of halogens is 6. The molecule has 2 heterocycles. The van der Waals surface area contributed by atoms with Crippen LogP contribution in [0.1, 0.15) is 15.9 Å². The van der Waals surface area contributed by atoms with Gasteiger partial charge in [0, 0.05) is 26.2 Å². The highest BCUT2D eigenvalue weighted by Gasteiger charge is 2.36. The summed E-state index contributed by atoms with van der Waals surface area (Å²) < 4.78 is 80.7. The fourth-order valence-electron chi connectivity index (χ4n) is 3.79. The van der Waals surface area contributed by atoms with Gasteiger partial charge in [-0.1, -0.05) is 35.3 Å². The Morgan fingerprint density at radius 2 is 1.65 bits per heavy atom. The van der Waals surface area contributed by atoms with Crippen LogP contribution in [0.25, 0.3) is 0 Å². The van der Waals surface area contributed by atoms with Crippen LogP contribution in [0.2, 0.25) is 10.0 Å². The van der Waals surface area contributed by atoms with Crippen LogP contribution in [0.15, 0.2) is 59.6 Å². The molecule has 1 amide bonds. The average molecular weight is 577 g/mol. The highest BCUT2D eigenvalue weighted by molar-refractivity contribution is 7.92. The Morgan fingerprint density at radius 3 is 2.27 bits per heavy atom. The summed E-state index contributed by atoms with van der Waals surface area (Å²) in [5, 5.41) is -0.242. The SMILES string of the molecule is O=C(c1ccccc1C(F)(F)F)N1CCN(c2ncc(NS(=O)(=O)c3ccc(F)c(Cl)c3)cc2Cl)CC1. The molecule has 196 valence electrons. The molecule has 3 aromatic rings. The lowest BCUT2D eigenvalue weighted by molar-refractivity contribution is -0.138. The highest BCUT2D eigenvalue weighted by atomic mass is 35.5. The zero-order valence-corrected chi connectivity index (χ0v) is 21.1. The van der Waals surface area contributed by atoms with Crippen LogP contribution in [-0.4, -0.2) is 50.4 Å². The zero-order valence-electron chi connectivity index (χ0n) is 18.8. The Morgan fingerprint density at radius 1 is 0.973 bits per heavy atom. The van der Waals surface area contributed by atoms with Gasteiger partial charge in [0.15, 0.2) is 0 Å². The van der Waals surface area contributed by atoms with Crippen LogP contribution in [0, 0.1) is 5.82 Å². The van der Waals surface area contributed by atoms with E-state index in [4.69, 9.17) is 23.2 Å². The molecule has 4 rings (SSSR count). The van der Waals surface area contributed by atoms with Crippen LogP contribution in [0.3, 0.4) is 0 Å². The Balaban J connectivity index is 1.44. The number of anilines is 2. The zero-order chi connectivity index (χ0) is 27.0. The molecule has 1 saturated heterocycles. The smallest absolute Gasteiger partial charge is 0.352 e. The number of pyridine rings is 1. The number of carbonyl (C=O) groups is 1. The molecule has 7 nitrogen and oxygen atoms in total. The Kier molecular flexibility index (Phi) is 7.54. The molecular formula is C23H18Cl2F4N4O3S. The fourth-order valence-corrected chi connectivity index (χ4v) is 5.38. The minimum absolute atomic E-state index is 0.0479. The summed E-state index contributed by atoms with van der Waals surface area (Å²) in [7, 11) is -4.10. The van der Waals surface area contributed by atoms with E-state index >= 15 is 0 Å². The lowest BCUT2D eigenvalue weighted by Crippen LogP contribution is -2.49. The van der Waals surface area contributed by atoms with Gasteiger partial charge in [-0.15, -0.1) is 0 Å². The second-order valence-electron chi connectivity index (χ2n) is 8.03. The number of nitrogens with zero attached hydrogens (tertiary/aromatic N) is 3. The molecule has 14 heteroatoms. The number of alkyl halides is 3. The number of hydrogen-bond donors (Lipinski definition) is 1. The topological polar surface area (TPSA) is 82.6 Å². The molecule has 0 spiro atoms. The van der Waals surface area contributed by atoms with Gasteiger partial charge in [0.05, 0.1) is 38.0 Å². The molecular weight excluding hydrogens is 559 g/mol. The molecule has 1 aliphatic heterocycles. The molecule has 37 heavy (non-hydrogen) atoms. The van der Waals surface area contributed by atoms with Gasteiger partial charge >= 0.3 is 6.18 Å². The Labute approximate surface area is 219 Å². The van der Waals surface area contributed by atoms with Crippen molar-refractivity contribution >= 4 is 50.6 Å². The van der Waals surface area contributed by atoms with Crippen molar-refractivity contribution in [2.75, 3.05) is 35.8 Å². The molecule has 0 bridgehead atoms. The largest absolute Gasteiger partial charge is 0.417 e. The number of hydrogen-bond acceptors (Lipinski definition) is 5. The Bertz CT molecular complexity index is 1450. The Hall–Kier alpha value is -3.09. The van der Waals surface area contributed by atoms with Crippen LogP contribution < -0.4 is 9.62 Å². The summed E-state index contributed by atoms with van der Waals surface area (Å²) in [5.74, 6) is -1.17. The maximum atomic E-state index is 13.4. The van der Waals surface area contributed by atoms with Crippen molar-refractivity contribution in [2.45, 2.75) is 11.1 Å². The molecule has 2 aromatic carbocycles. The lowest BCUT2D eigenvalue weighted by Gasteiger charge is -2.36. The van der Waals surface area contributed by atoms with E-state index in [1.165, 1.54) is 29.3 Å². The molecule has 1 aromatic heterocycles. The van der Waals surface area contributed by atoms with E-state index in [2.05, 4.69) is 9.71 Å². The molecule has 0 radical (unpaired) electrons. The first kappa shape index (κ1) is 27.0. The third-order valence-electron chi connectivity index (χ3n) is 5.60. The maximum Gasteiger partial charge on any atom is 0.417 e. The summed E-state index contributed by atoms with van der Waals surface area (Å²) in [6.07, 6.45) is -3.42. The number of sulfonamides is 1. The molecule has 0 aliphatic carbocycles. The molecule has 1 N–H and O–H groups in total. The predicted molar refractivity (Wildman–Crippen MR) is 131 cm³/mol. The van der Waals surface area contributed by atoms with Crippen molar-refractivity contribution in [3.8, 4) is 0 Å². The predicted octanol–water partition coefficient (Wildman–Crippen LogP) is 5.31. The lowest BCUT2D eigenvalue weighted by atomic mass is 10.1. The van der Waals surface area contributed by atoms with Crippen LogP contribution in [0.5, 0.6) is 0 Å². The number of nitrogens with one attached hydrogen (secondary N) is 1. The van der Waals surface area contributed by atoms with Gasteiger partial charge in [0.25, 0.3) is 15.9 Å². The molecule has 0 atom stereocenters. The van der Waals surface area contributed by atoms with Gasteiger partial charge in [0.2, 0.25) is 0 Å². The molecule has 0 unspecified atom stereocenters. The van der Waals surface area contributed by atoms with Crippen LogP contribution in [-0.2, 0) is 16.2 Å². The van der Waals surface area contributed by atoms with Gasteiger partial charge in [0.1, 0.15) is 11.6 Å². The van der Waals surface area contributed by atoms with Gasteiger partial charge in [-0.25, -0.2) is 17.8 Å². The highest BCUT2D eigenvalue weighted by Crippen LogP contribution is 2.33. The number of rotatable bonds is 5. The summed E-state index contributed by atoms with van der Waals surface area (Å²) in [4.78, 5) is 19.8. The van der Waals surface area contributed by atoms with E-state index < -0.39 is 39.1 Å². The number of amides is 1. The van der Waals surface area contributed by atoms with Crippen molar-refractivity contribution in [1.29, 1.82) is 0 Å². The van der Waals surface area contributed by atoms with Gasteiger partial charge in [-0.3, -0.25) is 9.52 Å². The van der Waals surface area contributed by atoms with Crippen molar-refractivity contribution in [2.24, 2.45) is 0 Å². The van der Waals surface area contributed by atoms with Gasteiger partial charge in [-0.05, 0) is 36.4 Å². The van der Waals surface area contributed by atoms with E-state index in [9.17, 15) is 30.8 Å². The van der Waals surface area contributed by atoms with Crippen molar-refractivity contribution < 1.29 is 30.8 Å². The van der Waals surface area contributed by atoms with E-state index in [-0.39, 0.29) is 46.8 Å². The van der Waals surface area contributed by atoms with E-state index in [0.717, 1.165) is 30.3 Å². The normalized spacial score (nSPS) is 14.5. The average Bonchev–Trinajstić information content (AvgIpc) is 2.85. The first-order chi connectivity index (χ1) is 17.4. The fraction of sp³-hybridized carbons (Fsp3) is 0.217. The molecule has 0 saturated carbocycles. The minimum Gasteiger partial charge on any atom is -0.352 e. The van der Waals surface area contributed by atoms with E-state index in [0.29, 0.717) is 5.82 Å². The van der Waals surface area contributed by atoms with Crippen LogP contribution in [0.4, 0.5) is 29.1 Å². The summed E-state index contributed by atoms with van der Waals surface area (Å²) in [6, 6.07) is 8.91. The molecule has 1 fully saturated rings. The second-order valence-corrected chi connectivity index (χ2v) is 10.5. The number of benzene rings is 2. The monoisotopic (exact) mass is 576 g/mol. The van der Waals surface area contributed by atoms with Crippen molar-refractivity contribution in [3.05, 3.63) is 81.7 Å². The number of piperazine rings is 1. The van der Waals surface area contributed by atoms with Gasteiger partial charge < -0.3 is 9.80 Å². The second kappa shape index (κ2) is 10.3. The third-order valence-corrected chi connectivity index (χ3v) is 7.55. The summed E-state index contributed by atoms with van der Waals surface area (Å²) in [5.41, 5.74) is -1.36. The third kappa shape index (κ3) is 5.91. The maximum absolute atomic E-state index is 13.4. The molecule has 1 aliphatic rings. The van der Waals surface area contributed by atoms with Crippen molar-refractivity contribution in [3.63, 3.8) is 0 Å². The minimum atomic E-state index is -4.66. The van der Waals surface area contributed by atoms with E-state index in [1.54, 1.807) is 4.90 Å². The number of aromatic nitrogens is 1. The summed E-state index contributed by atoms with van der Waals surface area (Å²) in [6.45, 7) is 0.739. The number of carbonyl (C=O) groups excluding carboxylic acids is 1. The van der Waals surface area contributed by atoms with Crippen molar-refractivity contribution in [1.82, 2.24) is 9.88 Å².